The molecule has 0 aliphatic carbocycles. The lowest BCUT2D eigenvalue weighted by atomic mass is 10.0. The van der Waals surface area contributed by atoms with E-state index < -0.39 is 34.7 Å². The van der Waals surface area contributed by atoms with Crippen molar-refractivity contribution in [3.05, 3.63) is 62.6 Å². The van der Waals surface area contributed by atoms with Gasteiger partial charge in [0.1, 0.15) is 11.6 Å². The number of carbonyl (C=O) groups is 1. The quantitative estimate of drug-likeness (QED) is 0.666. The van der Waals surface area contributed by atoms with Crippen molar-refractivity contribution in [1.82, 2.24) is 18.7 Å². The number of fused-ring (bicyclic) bond motifs is 1. The molecule has 7 nitrogen and oxygen atoms in total. The molecule has 9 heteroatoms. The maximum Gasteiger partial charge on any atom is 0.332 e. The molecule has 130 valence electrons. The predicted molar refractivity (Wildman–Crippen MR) is 85.6 cm³/mol. The monoisotopic (exact) mass is 348 g/mol. The summed E-state index contributed by atoms with van der Waals surface area (Å²) in [5.74, 6) is -2.42. The minimum absolute atomic E-state index is 0.0490. The zero-order chi connectivity index (χ0) is 18.5. The van der Waals surface area contributed by atoms with Gasteiger partial charge >= 0.3 is 5.69 Å². The van der Waals surface area contributed by atoms with Crippen LogP contribution < -0.4 is 11.2 Å². The minimum atomic E-state index is -0.985. The highest BCUT2D eigenvalue weighted by Crippen LogP contribution is 2.20. The minimum Gasteiger partial charge on any atom is -0.314 e. The highest BCUT2D eigenvalue weighted by molar-refractivity contribution is 5.99. The Kier molecular flexibility index (Phi) is 3.86. The van der Waals surface area contributed by atoms with Crippen LogP contribution in [0.2, 0.25) is 0 Å². The number of nitrogens with zero attached hydrogens (tertiary/aromatic N) is 4. The number of carbonyl (C=O) groups excluding carboxylic acids is 1. The van der Waals surface area contributed by atoms with Gasteiger partial charge in [0.15, 0.2) is 16.9 Å². The van der Waals surface area contributed by atoms with Crippen LogP contribution in [-0.2, 0) is 14.1 Å². The molecule has 0 spiro atoms. The highest BCUT2D eigenvalue weighted by Gasteiger charge is 2.24. The molecule has 25 heavy (non-hydrogen) atoms. The van der Waals surface area contributed by atoms with Crippen molar-refractivity contribution in [3.63, 3.8) is 0 Å². The molecule has 3 rings (SSSR count). The second-order valence-electron chi connectivity index (χ2n) is 5.69. The smallest absolute Gasteiger partial charge is 0.314 e. The number of aryl methyl sites for hydroxylation is 1. The van der Waals surface area contributed by atoms with Gasteiger partial charge in [-0.1, -0.05) is 0 Å². The highest BCUT2D eigenvalue weighted by atomic mass is 19.1. The van der Waals surface area contributed by atoms with Crippen molar-refractivity contribution in [3.8, 4) is 0 Å². The van der Waals surface area contributed by atoms with Crippen molar-refractivity contribution in [1.29, 1.82) is 0 Å². The van der Waals surface area contributed by atoms with Crippen LogP contribution in [0.5, 0.6) is 0 Å². The van der Waals surface area contributed by atoms with Gasteiger partial charge in [0.05, 0.1) is 17.9 Å². The van der Waals surface area contributed by atoms with E-state index in [1.54, 1.807) is 0 Å². The summed E-state index contributed by atoms with van der Waals surface area (Å²) in [7, 11) is 2.77. The van der Waals surface area contributed by atoms with Crippen molar-refractivity contribution in [2.45, 2.75) is 13.0 Å². The van der Waals surface area contributed by atoms with Gasteiger partial charge in [0.25, 0.3) is 5.56 Å². The molecular formula is C16H14F2N4O3. The zero-order valence-corrected chi connectivity index (χ0v) is 13.7. The van der Waals surface area contributed by atoms with E-state index in [0.29, 0.717) is 6.07 Å². The summed E-state index contributed by atoms with van der Waals surface area (Å²) in [5.41, 5.74) is -1.29. The van der Waals surface area contributed by atoms with Crippen molar-refractivity contribution >= 4 is 16.9 Å². The molecule has 1 unspecified atom stereocenters. The van der Waals surface area contributed by atoms with E-state index in [9.17, 15) is 23.2 Å². The standard InChI is InChI=1S/C16H14F2N4O3/c1-8(13(23)10-5-4-9(17)6-11(10)18)22-7-19-14-12(22)15(24)21(3)16(25)20(14)2/h4-8H,1-3H3. The Hall–Kier alpha value is -3.10. The van der Waals surface area contributed by atoms with E-state index in [0.717, 1.165) is 16.7 Å². The normalized spacial score (nSPS) is 12.5. The van der Waals surface area contributed by atoms with Crippen LogP contribution in [0, 0.1) is 11.6 Å². The first-order chi connectivity index (χ1) is 11.7. The maximum absolute atomic E-state index is 13.9. The van der Waals surface area contributed by atoms with E-state index in [-0.39, 0.29) is 16.7 Å². The maximum atomic E-state index is 13.9. The number of hydrogen-bond acceptors (Lipinski definition) is 4. The molecule has 0 N–H and O–H groups in total. The van der Waals surface area contributed by atoms with E-state index >= 15 is 0 Å². The first kappa shape index (κ1) is 16.7. The van der Waals surface area contributed by atoms with Gasteiger partial charge in [0.2, 0.25) is 0 Å². The second kappa shape index (κ2) is 5.76. The van der Waals surface area contributed by atoms with Crippen molar-refractivity contribution in [2.24, 2.45) is 14.1 Å². The number of rotatable bonds is 3. The number of halogens is 2. The lowest BCUT2D eigenvalue weighted by Gasteiger charge is -2.14. The van der Waals surface area contributed by atoms with Gasteiger partial charge in [-0.25, -0.2) is 18.6 Å². The van der Waals surface area contributed by atoms with Crippen molar-refractivity contribution in [2.75, 3.05) is 0 Å². The van der Waals surface area contributed by atoms with Gasteiger partial charge in [-0.3, -0.25) is 18.7 Å². The van der Waals surface area contributed by atoms with Gasteiger partial charge in [-0.15, -0.1) is 0 Å². The second-order valence-corrected chi connectivity index (χ2v) is 5.69. The molecule has 2 aromatic heterocycles. The third kappa shape index (κ3) is 2.48. The third-order valence-electron chi connectivity index (χ3n) is 4.17. The molecule has 0 fully saturated rings. The Morgan fingerprint density at radius 2 is 1.84 bits per heavy atom. The van der Waals surface area contributed by atoms with E-state index in [4.69, 9.17) is 0 Å². The Bertz CT molecular complexity index is 1130. The fraction of sp³-hybridized carbons (Fsp3) is 0.250. The summed E-state index contributed by atoms with van der Waals surface area (Å²) < 4.78 is 30.3. The molecule has 0 amide bonds. The SMILES string of the molecule is CC(C(=O)c1ccc(F)cc1F)n1cnc2c1c(=O)n(C)c(=O)n2C. The van der Waals surface area contributed by atoms with Crippen LogP contribution in [0.1, 0.15) is 23.3 Å². The molecule has 0 aliphatic rings. The average Bonchev–Trinajstić information content (AvgIpc) is 3.02. The number of aromatic nitrogens is 4. The summed E-state index contributed by atoms with van der Waals surface area (Å²) in [6, 6.07) is 1.68. The molecule has 1 atom stereocenters. The van der Waals surface area contributed by atoms with E-state index in [2.05, 4.69) is 4.98 Å². The summed E-state index contributed by atoms with van der Waals surface area (Å²) in [4.78, 5) is 41.0. The Balaban J connectivity index is 2.18. The van der Waals surface area contributed by atoms with Crippen LogP contribution in [0.15, 0.2) is 34.1 Å². The van der Waals surface area contributed by atoms with Gasteiger partial charge in [0, 0.05) is 20.2 Å². The van der Waals surface area contributed by atoms with Crippen LogP contribution >= 0.6 is 0 Å². The average molecular weight is 348 g/mol. The van der Waals surface area contributed by atoms with Crippen LogP contribution in [-0.4, -0.2) is 24.5 Å². The topological polar surface area (TPSA) is 78.9 Å². The molecule has 3 aromatic rings. The summed E-state index contributed by atoms with van der Waals surface area (Å²) >= 11 is 0. The van der Waals surface area contributed by atoms with E-state index in [1.807, 2.05) is 0 Å². The molecule has 0 saturated carbocycles. The van der Waals surface area contributed by atoms with Crippen LogP contribution in [0.3, 0.4) is 0 Å². The summed E-state index contributed by atoms with van der Waals surface area (Å²) in [6.07, 6.45) is 1.25. The lowest BCUT2D eigenvalue weighted by Crippen LogP contribution is -2.38. The number of hydrogen-bond donors (Lipinski definition) is 0. The molecule has 0 aliphatic heterocycles. The Morgan fingerprint density at radius 1 is 1.16 bits per heavy atom. The van der Waals surface area contributed by atoms with Crippen LogP contribution in [0.25, 0.3) is 11.2 Å². The fourth-order valence-electron chi connectivity index (χ4n) is 2.70. The molecule has 0 radical (unpaired) electrons. The Labute approximate surface area is 139 Å². The third-order valence-corrected chi connectivity index (χ3v) is 4.17. The first-order valence-corrected chi connectivity index (χ1v) is 7.36. The summed E-state index contributed by atoms with van der Waals surface area (Å²) in [5, 5.41) is 0. The number of benzene rings is 1. The first-order valence-electron chi connectivity index (χ1n) is 7.36. The molecule has 1 aromatic carbocycles. The number of Topliss-reactive ketones (excluding diaryl/α,β-unsaturated/α-hetero) is 1. The fourth-order valence-corrected chi connectivity index (χ4v) is 2.70. The van der Waals surface area contributed by atoms with Gasteiger partial charge in [-0.05, 0) is 19.1 Å². The zero-order valence-electron chi connectivity index (χ0n) is 13.7. The van der Waals surface area contributed by atoms with E-state index in [1.165, 1.54) is 36.5 Å². The molecular weight excluding hydrogens is 334 g/mol. The van der Waals surface area contributed by atoms with Gasteiger partial charge in [-0.2, -0.15) is 0 Å². The molecule has 0 saturated heterocycles. The predicted octanol–water partition coefficient (Wildman–Crippen LogP) is 1.16. The lowest BCUT2D eigenvalue weighted by molar-refractivity contribution is 0.0932. The summed E-state index contributed by atoms with van der Waals surface area (Å²) in [6.45, 7) is 1.47. The molecule has 2 heterocycles. The van der Waals surface area contributed by atoms with Crippen molar-refractivity contribution < 1.29 is 13.6 Å². The van der Waals surface area contributed by atoms with Crippen LogP contribution in [0.4, 0.5) is 8.78 Å². The van der Waals surface area contributed by atoms with Gasteiger partial charge < -0.3 is 4.57 Å². The number of imidazole rings is 1. The molecule has 0 bridgehead atoms. The largest absolute Gasteiger partial charge is 0.332 e. The number of ketones is 1. The Morgan fingerprint density at radius 3 is 2.48 bits per heavy atom.